The van der Waals surface area contributed by atoms with E-state index in [1.54, 1.807) is 12.1 Å². The van der Waals surface area contributed by atoms with Crippen molar-refractivity contribution in [3.63, 3.8) is 0 Å². The average molecular weight is 315 g/mol. The summed E-state index contributed by atoms with van der Waals surface area (Å²) in [5.41, 5.74) is 0.712. The zero-order valence-corrected chi connectivity index (χ0v) is 12.5. The van der Waals surface area contributed by atoms with Gasteiger partial charge >= 0.3 is 0 Å². The zero-order chi connectivity index (χ0) is 16.2. The molecule has 1 aromatic heterocycles. The number of nitro groups is 1. The second kappa shape index (κ2) is 6.57. The Morgan fingerprint density at radius 3 is 2.65 bits per heavy atom. The van der Waals surface area contributed by atoms with Crippen molar-refractivity contribution in [3.05, 3.63) is 62.7 Å². The smallest absolute Gasteiger partial charge is 0.273 e. The van der Waals surface area contributed by atoms with E-state index in [0.717, 1.165) is 31.7 Å². The van der Waals surface area contributed by atoms with Crippen molar-refractivity contribution in [2.75, 3.05) is 31.1 Å². The second-order valence-electron chi connectivity index (χ2n) is 5.42. The molecule has 23 heavy (non-hydrogen) atoms. The van der Waals surface area contributed by atoms with Crippen molar-refractivity contribution in [2.24, 2.45) is 0 Å². The van der Waals surface area contributed by atoms with Crippen LogP contribution in [-0.4, -0.2) is 46.0 Å². The van der Waals surface area contributed by atoms with Crippen LogP contribution < -0.4 is 10.5 Å². The second-order valence-corrected chi connectivity index (χ2v) is 5.42. The maximum atomic E-state index is 11.3. The number of hydrogen-bond donors (Lipinski definition) is 1. The maximum absolute atomic E-state index is 11.3. The molecule has 8 nitrogen and oxygen atoms in total. The monoisotopic (exact) mass is 315 g/mol. The minimum absolute atomic E-state index is 0.159. The molecular weight excluding hydrogens is 298 g/mol. The minimum Gasteiger partial charge on any atom is -0.354 e. The molecule has 0 amide bonds. The average Bonchev–Trinajstić information content (AvgIpc) is 2.56. The molecule has 3 rings (SSSR count). The Labute approximate surface area is 132 Å². The Hall–Kier alpha value is -2.74. The molecule has 1 aliphatic heterocycles. The number of benzene rings is 1. The topological polar surface area (TPSA) is 95.4 Å². The van der Waals surface area contributed by atoms with Crippen LogP contribution in [0.4, 0.5) is 11.5 Å². The van der Waals surface area contributed by atoms with E-state index >= 15 is 0 Å². The fraction of sp³-hybridized carbons (Fsp3) is 0.333. The summed E-state index contributed by atoms with van der Waals surface area (Å²) in [5.74, 6) is 0.666. The molecule has 0 saturated carbocycles. The summed E-state index contributed by atoms with van der Waals surface area (Å²) < 4.78 is 0. The van der Waals surface area contributed by atoms with Crippen LogP contribution in [0.15, 0.2) is 41.5 Å². The molecule has 8 heteroatoms. The molecule has 0 bridgehead atoms. The molecule has 0 unspecified atom stereocenters. The lowest BCUT2D eigenvalue weighted by Gasteiger charge is -2.35. The third-order valence-electron chi connectivity index (χ3n) is 3.94. The molecule has 2 heterocycles. The largest absolute Gasteiger partial charge is 0.354 e. The molecular formula is C15H17N5O3. The summed E-state index contributed by atoms with van der Waals surface area (Å²) in [5, 5.41) is 11.1. The Morgan fingerprint density at radius 1 is 1.22 bits per heavy atom. The Balaban J connectivity index is 1.64. The molecule has 0 spiro atoms. The number of H-pyrrole nitrogens is 1. The SMILES string of the molecule is O=c1cc(N2CCN(Cc3ccccc3[N+](=O)[O-])CC2)nc[nH]1. The van der Waals surface area contributed by atoms with Gasteiger partial charge in [-0.1, -0.05) is 18.2 Å². The molecule has 1 saturated heterocycles. The van der Waals surface area contributed by atoms with Crippen LogP contribution in [-0.2, 0) is 6.54 Å². The molecule has 1 fully saturated rings. The fourth-order valence-corrected chi connectivity index (χ4v) is 2.73. The number of nitrogens with one attached hydrogen (secondary N) is 1. The van der Waals surface area contributed by atoms with Crippen molar-refractivity contribution in [3.8, 4) is 0 Å². The lowest BCUT2D eigenvalue weighted by atomic mass is 10.1. The number of rotatable bonds is 4. The lowest BCUT2D eigenvalue weighted by Crippen LogP contribution is -2.46. The van der Waals surface area contributed by atoms with Crippen molar-refractivity contribution in [1.82, 2.24) is 14.9 Å². The number of aromatic nitrogens is 2. The molecule has 2 aromatic rings. The Morgan fingerprint density at radius 2 is 1.96 bits per heavy atom. The maximum Gasteiger partial charge on any atom is 0.273 e. The van der Waals surface area contributed by atoms with Crippen LogP contribution in [0.25, 0.3) is 0 Å². The first-order valence-corrected chi connectivity index (χ1v) is 7.38. The quantitative estimate of drug-likeness (QED) is 0.668. The van der Waals surface area contributed by atoms with Crippen LogP contribution >= 0.6 is 0 Å². The van der Waals surface area contributed by atoms with E-state index in [0.29, 0.717) is 12.4 Å². The third kappa shape index (κ3) is 3.54. The predicted octanol–water partition coefficient (Wildman–Crippen LogP) is 1.00. The summed E-state index contributed by atoms with van der Waals surface area (Å²) in [6.45, 7) is 3.54. The summed E-state index contributed by atoms with van der Waals surface area (Å²) in [4.78, 5) is 33.0. The van der Waals surface area contributed by atoms with E-state index in [1.165, 1.54) is 18.5 Å². The standard InChI is InChI=1S/C15H17N5O3/c21-15-9-14(16-11-17-15)19-7-5-18(6-8-19)10-12-3-1-2-4-13(12)20(22)23/h1-4,9,11H,5-8,10H2,(H,16,17,21). The van der Waals surface area contributed by atoms with E-state index in [2.05, 4.69) is 14.9 Å². The van der Waals surface area contributed by atoms with Crippen LogP contribution in [0.2, 0.25) is 0 Å². The number of nitrogens with zero attached hydrogens (tertiary/aromatic N) is 4. The predicted molar refractivity (Wildman–Crippen MR) is 85.4 cm³/mol. The number of anilines is 1. The highest BCUT2D eigenvalue weighted by molar-refractivity contribution is 5.40. The van der Waals surface area contributed by atoms with Gasteiger partial charge in [0.25, 0.3) is 11.2 Å². The number of para-hydroxylation sites is 1. The van der Waals surface area contributed by atoms with Crippen molar-refractivity contribution < 1.29 is 4.92 Å². The van der Waals surface area contributed by atoms with Gasteiger partial charge in [0.15, 0.2) is 0 Å². The van der Waals surface area contributed by atoms with Crippen molar-refractivity contribution in [2.45, 2.75) is 6.54 Å². The first kappa shape index (κ1) is 15.2. The highest BCUT2D eigenvalue weighted by atomic mass is 16.6. The number of aromatic amines is 1. The van der Waals surface area contributed by atoms with Gasteiger partial charge in [-0.15, -0.1) is 0 Å². The van der Waals surface area contributed by atoms with Crippen LogP contribution in [0.1, 0.15) is 5.56 Å². The van der Waals surface area contributed by atoms with Gasteiger partial charge in [-0.2, -0.15) is 0 Å². The molecule has 1 aromatic carbocycles. The van der Waals surface area contributed by atoms with Gasteiger partial charge in [0.2, 0.25) is 0 Å². The highest BCUT2D eigenvalue weighted by Crippen LogP contribution is 2.20. The van der Waals surface area contributed by atoms with E-state index < -0.39 is 0 Å². The van der Waals surface area contributed by atoms with Gasteiger partial charge in [0.1, 0.15) is 5.82 Å². The van der Waals surface area contributed by atoms with Crippen LogP contribution in [0.3, 0.4) is 0 Å². The van der Waals surface area contributed by atoms with E-state index in [9.17, 15) is 14.9 Å². The molecule has 0 aliphatic carbocycles. The highest BCUT2D eigenvalue weighted by Gasteiger charge is 2.21. The van der Waals surface area contributed by atoms with Crippen LogP contribution in [0.5, 0.6) is 0 Å². The molecule has 1 N–H and O–H groups in total. The van der Waals surface area contributed by atoms with Crippen molar-refractivity contribution in [1.29, 1.82) is 0 Å². The lowest BCUT2D eigenvalue weighted by molar-refractivity contribution is -0.385. The number of nitro benzene ring substituents is 1. The Bertz CT molecular complexity index is 753. The zero-order valence-electron chi connectivity index (χ0n) is 12.5. The first-order valence-electron chi connectivity index (χ1n) is 7.38. The first-order chi connectivity index (χ1) is 11.1. The number of piperazine rings is 1. The van der Waals surface area contributed by atoms with E-state index in [1.807, 2.05) is 11.0 Å². The normalized spacial score (nSPS) is 15.6. The van der Waals surface area contributed by atoms with Gasteiger partial charge in [-0.3, -0.25) is 19.8 Å². The summed E-state index contributed by atoms with van der Waals surface area (Å²) >= 11 is 0. The summed E-state index contributed by atoms with van der Waals surface area (Å²) in [6, 6.07) is 8.31. The van der Waals surface area contributed by atoms with E-state index in [4.69, 9.17) is 0 Å². The van der Waals surface area contributed by atoms with Gasteiger partial charge < -0.3 is 9.88 Å². The fourth-order valence-electron chi connectivity index (χ4n) is 2.73. The summed E-state index contributed by atoms with van der Waals surface area (Å²) in [6.07, 6.45) is 1.40. The molecule has 1 aliphatic rings. The molecule has 0 radical (unpaired) electrons. The van der Waals surface area contributed by atoms with Gasteiger partial charge in [0, 0.05) is 50.4 Å². The van der Waals surface area contributed by atoms with E-state index in [-0.39, 0.29) is 16.2 Å². The third-order valence-corrected chi connectivity index (χ3v) is 3.94. The molecule has 120 valence electrons. The van der Waals surface area contributed by atoms with Crippen molar-refractivity contribution >= 4 is 11.5 Å². The minimum atomic E-state index is -0.342. The Kier molecular flexibility index (Phi) is 4.33. The molecule has 0 atom stereocenters. The number of hydrogen-bond acceptors (Lipinski definition) is 6. The van der Waals surface area contributed by atoms with Gasteiger partial charge in [-0.05, 0) is 0 Å². The summed E-state index contributed by atoms with van der Waals surface area (Å²) in [7, 11) is 0. The van der Waals surface area contributed by atoms with Gasteiger partial charge in [0.05, 0.1) is 11.3 Å². The van der Waals surface area contributed by atoms with Crippen LogP contribution in [0, 0.1) is 10.1 Å². The van der Waals surface area contributed by atoms with Gasteiger partial charge in [-0.25, -0.2) is 4.98 Å².